The summed E-state index contributed by atoms with van der Waals surface area (Å²) in [4.78, 5) is 19.8. The molecule has 8 nitrogen and oxygen atoms in total. The van der Waals surface area contributed by atoms with Crippen molar-refractivity contribution in [3.8, 4) is 0 Å². The molecule has 0 unspecified atom stereocenters. The minimum Gasteiger partial charge on any atom is -0.341 e. The van der Waals surface area contributed by atoms with Crippen molar-refractivity contribution in [2.75, 3.05) is 6.54 Å². The Balaban J connectivity index is 3.24. The first-order valence-electron chi connectivity index (χ1n) is 4.29. The Morgan fingerprint density at radius 3 is 2.53 bits per heavy atom. The molecule has 92 valence electrons. The monoisotopic (exact) mass is 260 g/mol. The van der Waals surface area contributed by atoms with E-state index in [0.717, 1.165) is 12.1 Å². The standard InChI is InChI=1S/C8H8N2O6S/c9-5-8(11)16-17(14,15)7-4-2-1-3-6(7)10(12)13/h1-4H,5,9H2. The van der Waals surface area contributed by atoms with Crippen molar-refractivity contribution in [2.24, 2.45) is 5.73 Å². The second-order valence-electron chi connectivity index (χ2n) is 2.84. The fourth-order valence-electron chi connectivity index (χ4n) is 1.02. The molecule has 1 aromatic carbocycles. The van der Waals surface area contributed by atoms with Gasteiger partial charge in [-0.05, 0) is 6.07 Å². The molecule has 9 heteroatoms. The Morgan fingerprint density at radius 1 is 1.41 bits per heavy atom. The smallest absolute Gasteiger partial charge is 0.341 e. The number of hydrogen-bond acceptors (Lipinski definition) is 7. The molecule has 0 heterocycles. The van der Waals surface area contributed by atoms with Gasteiger partial charge >= 0.3 is 16.1 Å². The van der Waals surface area contributed by atoms with Gasteiger partial charge in [0.25, 0.3) is 5.69 Å². The topological polar surface area (TPSA) is 130 Å². The van der Waals surface area contributed by atoms with E-state index in [9.17, 15) is 23.3 Å². The molecular formula is C8H8N2O6S. The van der Waals surface area contributed by atoms with Crippen LogP contribution in [-0.2, 0) is 19.1 Å². The summed E-state index contributed by atoms with van der Waals surface area (Å²) in [7, 11) is -4.52. The van der Waals surface area contributed by atoms with Crippen molar-refractivity contribution >= 4 is 21.8 Å². The highest BCUT2D eigenvalue weighted by atomic mass is 32.2. The molecule has 0 amide bonds. The molecule has 1 rings (SSSR count). The second-order valence-corrected chi connectivity index (χ2v) is 4.35. The summed E-state index contributed by atoms with van der Waals surface area (Å²) in [6, 6.07) is 4.53. The second kappa shape index (κ2) is 4.89. The first-order valence-corrected chi connectivity index (χ1v) is 5.70. The molecular weight excluding hydrogens is 252 g/mol. The molecule has 0 aliphatic heterocycles. The Bertz CT molecular complexity index is 553. The maximum atomic E-state index is 11.5. The van der Waals surface area contributed by atoms with E-state index in [1.807, 2.05) is 0 Å². The lowest BCUT2D eigenvalue weighted by Crippen LogP contribution is -2.21. The molecule has 0 aliphatic carbocycles. The number of nitrogens with zero attached hydrogens (tertiary/aromatic N) is 1. The SMILES string of the molecule is NCC(=O)OS(=O)(=O)c1ccccc1[N+](=O)[O-]. The summed E-state index contributed by atoms with van der Waals surface area (Å²) in [6.45, 7) is -0.639. The van der Waals surface area contributed by atoms with Crippen molar-refractivity contribution in [1.82, 2.24) is 0 Å². The summed E-state index contributed by atoms with van der Waals surface area (Å²) in [5.41, 5.74) is 4.21. The highest BCUT2D eigenvalue weighted by Crippen LogP contribution is 2.24. The third-order valence-electron chi connectivity index (χ3n) is 1.70. The lowest BCUT2D eigenvalue weighted by molar-refractivity contribution is -0.387. The van der Waals surface area contributed by atoms with E-state index in [1.54, 1.807) is 0 Å². The number of carbonyl (C=O) groups excluding carboxylic acids is 1. The van der Waals surface area contributed by atoms with E-state index in [-0.39, 0.29) is 0 Å². The number of nitro benzene ring substituents is 1. The minimum atomic E-state index is -4.52. The number of para-hydroxylation sites is 1. The largest absolute Gasteiger partial charge is 0.348 e. The molecule has 17 heavy (non-hydrogen) atoms. The van der Waals surface area contributed by atoms with E-state index < -0.39 is 38.1 Å². The van der Waals surface area contributed by atoms with Gasteiger partial charge in [-0.15, -0.1) is 0 Å². The van der Waals surface area contributed by atoms with Crippen LogP contribution in [0.3, 0.4) is 0 Å². The summed E-state index contributed by atoms with van der Waals surface area (Å²) in [6.07, 6.45) is 0. The van der Waals surface area contributed by atoms with Gasteiger partial charge in [-0.2, -0.15) is 8.42 Å². The number of carbonyl (C=O) groups is 1. The zero-order valence-corrected chi connectivity index (χ0v) is 9.22. The van der Waals surface area contributed by atoms with E-state index in [2.05, 4.69) is 4.18 Å². The number of nitro groups is 1. The van der Waals surface area contributed by atoms with Crippen LogP contribution in [0.2, 0.25) is 0 Å². The van der Waals surface area contributed by atoms with Crippen molar-refractivity contribution in [3.63, 3.8) is 0 Å². The lowest BCUT2D eigenvalue weighted by atomic mass is 10.3. The minimum absolute atomic E-state index is 0.639. The molecule has 1 aromatic rings. The highest BCUT2D eigenvalue weighted by molar-refractivity contribution is 7.87. The maximum absolute atomic E-state index is 11.5. The van der Waals surface area contributed by atoms with Gasteiger partial charge in [-0.25, -0.2) is 4.79 Å². The third kappa shape index (κ3) is 2.98. The number of rotatable bonds is 4. The molecule has 2 N–H and O–H groups in total. The molecule has 0 spiro atoms. The average molecular weight is 260 g/mol. The summed E-state index contributed by atoms with van der Waals surface area (Å²) in [5, 5.41) is 10.6. The van der Waals surface area contributed by atoms with Crippen LogP contribution in [0.25, 0.3) is 0 Å². The van der Waals surface area contributed by atoms with Gasteiger partial charge in [0.05, 0.1) is 11.5 Å². The third-order valence-corrected chi connectivity index (χ3v) is 2.99. The Labute approximate surface area is 96.3 Å². The predicted octanol–water partition coefficient (Wildman–Crippen LogP) is -0.215. The summed E-state index contributed by atoms with van der Waals surface area (Å²) >= 11 is 0. The number of nitrogens with two attached hydrogens (primary N) is 1. The van der Waals surface area contributed by atoms with Crippen LogP contribution in [0.15, 0.2) is 29.2 Å². The Hall–Kier alpha value is -2.00. The van der Waals surface area contributed by atoms with Gasteiger partial charge in [0.15, 0.2) is 4.90 Å². The van der Waals surface area contributed by atoms with E-state index >= 15 is 0 Å². The highest BCUT2D eigenvalue weighted by Gasteiger charge is 2.28. The fourth-order valence-corrected chi connectivity index (χ4v) is 2.07. The normalized spacial score (nSPS) is 10.9. The van der Waals surface area contributed by atoms with Gasteiger partial charge < -0.3 is 9.92 Å². The quantitative estimate of drug-likeness (QED) is 0.450. The molecule has 0 saturated heterocycles. The van der Waals surface area contributed by atoms with Crippen LogP contribution in [0.4, 0.5) is 5.69 Å². The van der Waals surface area contributed by atoms with Gasteiger partial charge in [0, 0.05) is 6.07 Å². The van der Waals surface area contributed by atoms with Crippen LogP contribution in [0.1, 0.15) is 0 Å². The summed E-state index contributed by atoms with van der Waals surface area (Å²) < 4.78 is 27.1. The average Bonchev–Trinajstić information content (AvgIpc) is 2.28. The van der Waals surface area contributed by atoms with Crippen LogP contribution >= 0.6 is 0 Å². The van der Waals surface area contributed by atoms with Crippen LogP contribution < -0.4 is 5.73 Å². The van der Waals surface area contributed by atoms with Gasteiger partial charge in [0.1, 0.15) is 0 Å². The van der Waals surface area contributed by atoms with Gasteiger partial charge in [-0.3, -0.25) is 10.1 Å². The number of benzene rings is 1. The molecule has 0 saturated carbocycles. The van der Waals surface area contributed by atoms with Crippen molar-refractivity contribution in [3.05, 3.63) is 34.4 Å². The maximum Gasteiger partial charge on any atom is 0.348 e. The lowest BCUT2D eigenvalue weighted by Gasteiger charge is -2.04. The van der Waals surface area contributed by atoms with Gasteiger partial charge in [0.2, 0.25) is 0 Å². The first kappa shape index (κ1) is 13.1. The van der Waals surface area contributed by atoms with Crippen LogP contribution in [0.5, 0.6) is 0 Å². The van der Waals surface area contributed by atoms with Crippen LogP contribution in [-0.4, -0.2) is 25.9 Å². The molecule has 0 fully saturated rings. The molecule has 0 aliphatic rings. The molecule has 0 bridgehead atoms. The summed E-state index contributed by atoms with van der Waals surface area (Å²) in [5.74, 6) is -1.19. The molecule has 0 aromatic heterocycles. The van der Waals surface area contributed by atoms with E-state index in [4.69, 9.17) is 5.73 Å². The van der Waals surface area contributed by atoms with Crippen LogP contribution in [0, 0.1) is 10.1 Å². The van der Waals surface area contributed by atoms with Crippen molar-refractivity contribution < 1.29 is 22.3 Å². The fraction of sp³-hybridized carbons (Fsp3) is 0.125. The Kier molecular flexibility index (Phi) is 3.76. The Morgan fingerprint density at radius 2 is 2.00 bits per heavy atom. The zero-order chi connectivity index (χ0) is 13.1. The molecule has 0 radical (unpaired) electrons. The van der Waals surface area contributed by atoms with E-state index in [1.165, 1.54) is 12.1 Å². The van der Waals surface area contributed by atoms with Crippen molar-refractivity contribution in [2.45, 2.75) is 4.90 Å². The predicted molar refractivity (Wildman–Crippen MR) is 55.4 cm³/mol. The van der Waals surface area contributed by atoms with E-state index in [0.29, 0.717) is 0 Å². The van der Waals surface area contributed by atoms with Crippen molar-refractivity contribution in [1.29, 1.82) is 0 Å². The van der Waals surface area contributed by atoms with Gasteiger partial charge in [-0.1, -0.05) is 12.1 Å². The zero-order valence-electron chi connectivity index (χ0n) is 8.40. The number of hydrogen-bond donors (Lipinski definition) is 1. The molecule has 0 atom stereocenters. The first-order chi connectivity index (χ1) is 7.88.